The Morgan fingerprint density at radius 3 is 1.67 bits per heavy atom. The van der Waals surface area contributed by atoms with Crippen LogP contribution in [0, 0.1) is 0 Å². The van der Waals surface area contributed by atoms with Gasteiger partial charge in [0.25, 0.3) is 0 Å². The van der Waals surface area contributed by atoms with Crippen molar-refractivity contribution in [1.29, 1.82) is 0 Å². The lowest BCUT2D eigenvalue weighted by Gasteiger charge is -2.29. The zero-order valence-corrected chi connectivity index (χ0v) is 30.6. The van der Waals surface area contributed by atoms with Gasteiger partial charge in [0.15, 0.2) is 0 Å². The highest BCUT2D eigenvalue weighted by molar-refractivity contribution is 5.86. The highest BCUT2D eigenvalue weighted by Gasteiger charge is 2.36. The van der Waals surface area contributed by atoms with Crippen LogP contribution in [0.5, 0.6) is 0 Å². The number of anilines is 4. The molecule has 0 unspecified atom stereocenters. The van der Waals surface area contributed by atoms with Crippen LogP contribution in [-0.4, -0.2) is 0 Å². The SMILES string of the molecule is C=CC=C(C=CC)N(c1ccccc1)c1ccc(C=Cc2ccc3c(c2)C(C)(C)c2cc(N(C(C=CC)=CCC)c4ccccc4)ccc2-3)cc1. The second-order valence-electron chi connectivity index (χ2n) is 13.3. The van der Waals surface area contributed by atoms with Crippen molar-refractivity contribution in [1.82, 2.24) is 0 Å². The lowest BCUT2D eigenvalue weighted by molar-refractivity contribution is 0.660. The minimum atomic E-state index is -0.145. The fraction of sp³-hybridized carbons (Fsp3) is 0.143. The Bertz CT molecular complexity index is 2120. The van der Waals surface area contributed by atoms with E-state index in [0.29, 0.717) is 0 Å². The molecule has 0 saturated carbocycles. The highest BCUT2D eigenvalue weighted by Crippen LogP contribution is 2.50. The summed E-state index contributed by atoms with van der Waals surface area (Å²) in [6.45, 7) is 15.0. The number of hydrogen-bond acceptors (Lipinski definition) is 2. The Balaban J connectivity index is 1.29. The average Bonchev–Trinajstić information content (AvgIpc) is 3.38. The normalized spacial score (nSPS) is 13.9. The lowest BCUT2D eigenvalue weighted by atomic mass is 9.81. The van der Waals surface area contributed by atoms with Crippen molar-refractivity contribution in [3.63, 3.8) is 0 Å². The van der Waals surface area contributed by atoms with Crippen LogP contribution < -0.4 is 9.80 Å². The predicted octanol–water partition coefficient (Wildman–Crippen LogP) is 14.0. The summed E-state index contributed by atoms with van der Waals surface area (Å²) in [6, 6.07) is 43.8. The molecule has 0 saturated heterocycles. The van der Waals surface area contributed by atoms with E-state index >= 15 is 0 Å². The number of para-hydroxylation sites is 2. The van der Waals surface area contributed by atoms with Gasteiger partial charge in [0.05, 0.1) is 0 Å². The molecule has 2 nitrogen and oxygen atoms in total. The molecular weight excluding hydrogens is 617 g/mol. The van der Waals surface area contributed by atoms with Crippen LogP contribution in [0.4, 0.5) is 22.7 Å². The number of rotatable bonds is 12. The van der Waals surface area contributed by atoms with E-state index in [1.54, 1.807) is 0 Å². The van der Waals surface area contributed by atoms with Crippen molar-refractivity contribution in [2.24, 2.45) is 0 Å². The molecule has 6 rings (SSSR count). The molecule has 0 N–H and O–H groups in total. The minimum absolute atomic E-state index is 0.145. The van der Waals surface area contributed by atoms with Gasteiger partial charge >= 0.3 is 0 Å². The molecule has 0 aliphatic heterocycles. The molecule has 0 heterocycles. The van der Waals surface area contributed by atoms with Crippen molar-refractivity contribution in [3.8, 4) is 11.1 Å². The van der Waals surface area contributed by atoms with Crippen LogP contribution in [0.1, 0.15) is 63.3 Å². The zero-order chi connectivity index (χ0) is 35.8. The van der Waals surface area contributed by atoms with Crippen LogP contribution in [0.25, 0.3) is 23.3 Å². The van der Waals surface area contributed by atoms with Gasteiger partial charge in [0.2, 0.25) is 0 Å². The van der Waals surface area contributed by atoms with Crippen molar-refractivity contribution >= 4 is 34.9 Å². The lowest BCUT2D eigenvalue weighted by Crippen LogP contribution is -2.18. The molecule has 0 fully saturated rings. The largest absolute Gasteiger partial charge is 0.311 e. The predicted molar refractivity (Wildman–Crippen MR) is 223 cm³/mol. The Morgan fingerprint density at radius 1 is 0.588 bits per heavy atom. The fourth-order valence-electron chi connectivity index (χ4n) is 7.07. The number of allylic oxidation sites excluding steroid dienone is 7. The number of benzene rings is 5. The Morgan fingerprint density at radius 2 is 1.08 bits per heavy atom. The minimum Gasteiger partial charge on any atom is -0.311 e. The summed E-state index contributed by atoms with van der Waals surface area (Å²) in [5.41, 5.74) is 14.3. The summed E-state index contributed by atoms with van der Waals surface area (Å²) >= 11 is 0. The third kappa shape index (κ3) is 7.37. The molecule has 0 spiro atoms. The molecule has 51 heavy (non-hydrogen) atoms. The van der Waals surface area contributed by atoms with Crippen molar-refractivity contribution < 1.29 is 0 Å². The Hall–Kier alpha value is -5.86. The third-order valence-corrected chi connectivity index (χ3v) is 9.48. The monoisotopic (exact) mass is 664 g/mol. The first-order valence-electron chi connectivity index (χ1n) is 18.0. The van der Waals surface area contributed by atoms with Crippen molar-refractivity contribution in [3.05, 3.63) is 204 Å². The van der Waals surface area contributed by atoms with E-state index < -0.39 is 0 Å². The van der Waals surface area contributed by atoms with Gasteiger partial charge in [0.1, 0.15) is 0 Å². The van der Waals surface area contributed by atoms with Gasteiger partial charge in [-0.1, -0.05) is 137 Å². The van der Waals surface area contributed by atoms with Crippen molar-refractivity contribution in [2.75, 3.05) is 9.80 Å². The molecule has 1 aliphatic carbocycles. The zero-order valence-electron chi connectivity index (χ0n) is 30.6. The second-order valence-corrected chi connectivity index (χ2v) is 13.3. The molecule has 0 amide bonds. The van der Waals surface area contributed by atoms with Gasteiger partial charge in [-0.15, -0.1) is 0 Å². The molecule has 0 aromatic heterocycles. The standard InChI is InChI=1S/C49H48N2/c1-7-17-39(18-8-2)50(41-21-13-11-14-22-41)43-30-27-37(28-31-43)25-26-38-29-33-45-46-34-32-44(36-48(46)49(5,6)47(45)35-38)51(40(19-9-3)20-10-4)42-23-15-12-16-24-42/h7-9,11-36H,1,10H2,2-6H3. The van der Waals surface area contributed by atoms with E-state index in [-0.39, 0.29) is 5.41 Å². The van der Waals surface area contributed by atoms with Gasteiger partial charge < -0.3 is 9.80 Å². The van der Waals surface area contributed by atoms with E-state index in [4.69, 9.17) is 0 Å². The quantitative estimate of drug-likeness (QED) is 0.0967. The molecule has 5 aromatic rings. The summed E-state index contributed by atoms with van der Waals surface area (Å²) in [4.78, 5) is 4.62. The Kier molecular flexibility index (Phi) is 10.8. The summed E-state index contributed by atoms with van der Waals surface area (Å²) in [7, 11) is 0. The molecule has 1 aliphatic rings. The fourth-order valence-corrected chi connectivity index (χ4v) is 7.07. The maximum atomic E-state index is 3.95. The molecule has 2 heteroatoms. The van der Waals surface area contributed by atoms with Gasteiger partial charge in [-0.2, -0.15) is 0 Å². The van der Waals surface area contributed by atoms with Crippen molar-refractivity contribution in [2.45, 2.75) is 46.5 Å². The van der Waals surface area contributed by atoms with Crippen LogP contribution in [0.3, 0.4) is 0 Å². The number of nitrogens with zero attached hydrogens (tertiary/aromatic N) is 2. The second kappa shape index (κ2) is 15.8. The van der Waals surface area contributed by atoms with Gasteiger partial charge in [-0.25, -0.2) is 0 Å². The number of fused-ring (bicyclic) bond motifs is 3. The van der Waals surface area contributed by atoms with Crippen LogP contribution in [-0.2, 0) is 5.41 Å². The average molecular weight is 665 g/mol. The summed E-state index contributed by atoms with van der Waals surface area (Å²) in [5, 5.41) is 0. The maximum Gasteiger partial charge on any atom is 0.0464 e. The van der Waals surface area contributed by atoms with Crippen LogP contribution >= 0.6 is 0 Å². The van der Waals surface area contributed by atoms with Gasteiger partial charge in [-0.3, -0.25) is 0 Å². The Labute approximate surface area is 305 Å². The highest BCUT2D eigenvalue weighted by atomic mass is 15.2. The first-order chi connectivity index (χ1) is 24.9. The van der Waals surface area contributed by atoms with E-state index in [1.165, 1.54) is 39.2 Å². The summed E-state index contributed by atoms with van der Waals surface area (Å²) in [6.07, 6.45) is 20.1. The first-order valence-corrected chi connectivity index (χ1v) is 18.0. The molecule has 0 atom stereocenters. The van der Waals surface area contributed by atoms with E-state index in [1.807, 2.05) is 25.1 Å². The molecule has 254 valence electrons. The first kappa shape index (κ1) is 35.0. The van der Waals surface area contributed by atoms with E-state index in [9.17, 15) is 0 Å². The van der Waals surface area contributed by atoms with Gasteiger partial charge in [0, 0.05) is 39.6 Å². The smallest absolute Gasteiger partial charge is 0.0464 e. The summed E-state index contributed by atoms with van der Waals surface area (Å²) < 4.78 is 0. The maximum absolute atomic E-state index is 3.95. The molecule has 5 aromatic carbocycles. The van der Waals surface area contributed by atoms with Crippen LogP contribution in [0.15, 0.2) is 182 Å². The van der Waals surface area contributed by atoms with E-state index in [0.717, 1.165) is 34.7 Å². The third-order valence-electron chi connectivity index (χ3n) is 9.48. The van der Waals surface area contributed by atoms with Crippen LogP contribution in [0.2, 0.25) is 0 Å². The molecule has 0 radical (unpaired) electrons. The number of hydrogen-bond donors (Lipinski definition) is 0. The summed E-state index contributed by atoms with van der Waals surface area (Å²) in [5.74, 6) is 0. The topological polar surface area (TPSA) is 6.48 Å². The van der Waals surface area contributed by atoms with E-state index in [2.05, 4.69) is 202 Å². The molecule has 0 bridgehead atoms. The molecular formula is C49H48N2. The van der Waals surface area contributed by atoms with Gasteiger partial charge in [-0.05, 0) is 120 Å².